The lowest BCUT2D eigenvalue weighted by Gasteiger charge is -2.65. The summed E-state index contributed by atoms with van der Waals surface area (Å²) in [6.07, 6.45) is 7.61. The maximum Gasteiger partial charge on any atom is 0.331 e. The normalized spacial score (nSPS) is 55.8. The number of esters is 1. The van der Waals surface area contributed by atoms with Gasteiger partial charge in [0.05, 0.1) is 17.8 Å². The van der Waals surface area contributed by atoms with Crippen LogP contribution in [0.15, 0.2) is 11.6 Å². The molecule has 0 bridgehead atoms. The highest BCUT2D eigenvalue weighted by molar-refractivity contribution is 5.85. The van der Waals surface area contributed by atoms with Crippen LogP contribution in [0.25, 0.3) is 0 Å². The monoisotopic (exact) mass is 390 g/mol. The lowest BCUT2D eigenvalue weighted by atomic mass is 9.42. The predicted octanol–water partition coefficient (Wildman–Crippen LogP) is 2.58. The van der Waals surface area contributed by atoms with E-state index in [0.717, 1.165) is 50.5 Å². The Morgan fingerprint density at radius 1 is 1.11 bits per heavy atom. The van der Waals surface area contributed by atoms with Crippen molar-refractivity contribution in [3.63, 3.8) is 0 Å². The van der Waals surface area contributed by atoms with Crippen molar-refractivity contribution in [3.8, 4) is 0 Å². The SMILES string of the molecule is C[C@]12CC[C@@H](O)C[C@H]1CC[C@@H]1[C@H]2[C@H](O)C[C@]2(C)[C@@H](C3=CC(=O)OC3)CC[C@]12O. The van der Waals surface area contributed by atoms with Crippen LogP contribution in [0, 0.1) is 34.5 Å². The van der Waals surface area contributed by atoms with Gasteiger partial charge in [0.2, 0.25) is 0 Å². The quantitative estimate of drug-likeness (QED) is 0.599. The van der Waals surface area contributed by atoms with Crippen molar-refractivity contribution in [1.29, 1.82) is 0 Å². The first-order valence-corrected chi connectivity index (χ1v) is 11.1. The maximum absolute atomic E-state index is 12.1. The third kappa shape index (κ3) is 2.33. The first-order chi connectivity index (χ1) is 13.2. The minimum absolute atomic E-state index is 0.0115. The molecule has 5 heteroatoms. The topological polar surface area (TPSA) is 87.0 Å². The molecule has 0 aromatic heterocycles. The lowest BCUT2D eigenvalue weighted by Crippen LogP contribution is -2.66. The van der Waals surface area contributed by atoms with Crippen LogP contribution in [0.3, 0.4) is 0 Å². The molecule has 0 aromatic rings. The largest absolute Gasteiger partial charge is 0.458 e. The van der Waals surface area contributed by atoms with E-state index in [4.69, 9.17) is 4.74 Å². The Labute approximate surface area is 167 Å². The van der Waals surface area contributed by atoms with Gasteiger partial charge in [0, 0.05) is 11.5 Å². The van der Waals surface area contributed by atoms with Crippen LogP contribution < -0.4 is 0 Å². The van der Waals surface area contributed by atoms with Crippen LogP contribution in [0.1, 0.15) is 65.2 Å². The maximum atomic E-state index is 12.1. The number of hydrogen-bond donors (Lipinski definition) is 3. The van der Waals surface area contributed by atoms with E-state index >= 15 is 0 Å². The van der Waals surface area contributed by atoms with Gasteiger partial charge in [-0.2, -0.15) is 0 Å². The molecule has 3 N–H and O–H groups in total. The standard InChI is InChI=1S/C23H34O5/c1-21-7-5-15(24)10-14(21)3-4-17-20(21)18(25)11-22(2)16(6-8-23(17,22)27)13-9-19(26)28-12-13/h9,14-18,20,24-25,27H,3-8,10-12H2,1-2H3/t14-,15-,16-,17-,18-,20+,21+,22-,23+/m1/s1. The zero-order valence-corrected chi connectivity index (χ0v) is 17.1. The van der Waals surface area contributed by atoms with Gasteiger partial charge in [-0.1, -0.05) is 13.8 Å². The van der Waals surface area contributed by atoms with E-state index in [1.165, 1.54) is 0 Å². The summed E-state index contributed by atoms with van der Waals surface area (Å²) < 4.78 is 5.17. The van der Waals surface area contributed by atoms with Gasteiger partial charge in [0.25, 0.3) is 0 Å². The molecule has 0 aromatic carbocycles. The molecule has 5 nitrogen and oxygen atoms in total. The smallest absolute Gasteiger partial charge is 0.331 e. The number of hydrogen-bond acceptors (Lipinski definition) is 5. The van der Waals surface area contributed by atoms with Gasteiger partial charge in [0.1, 0.15) is 6.61 Å². The Kier molecular flexibility index (Phi) is 4.12. The molecular weight excluding hydrogens is 356 g/mol. The molecule has 5 rings (SSSR count). The molecule has 0 saturated heterocycles. The molecule has 5 aliphatic rings. The molecule has 0 amide bonds. The summed E-state index contributed by atoms with van der Waals surface area (Å²) in [5, 5.41) is 33.7. The van der Waals surface area contributed by atoms with Crippen LogP contribution in [0.5, 0.6) is 0 Å². The molecule has 0 spiro atoms. The van der Waals surface area contributed by atoms with Gasteiger partial charge >= 0.3 is 5.97 Å². The Morgan fingerprint density at radius 3 is 2.61 bits per heavy atom. The Morgan fingerprint density at radius 2 is 1.89 bits per heavy atom. The summed E-state index contributed by atoms with van der Waals surface area (Å²) in [7, 11) is 0. The summed E-state index contributed by atoms with van der Waals surface area (Å²) in [4.78, 5) is 11.6. The molecule has 1 heterocycles. The second kappa shape index (κ2) is 6.05. The van der Waals surface area contributed by atoms with Crippen molar-refractivity contribution < 1.29 is 24.9 Å². The van der Waals surface area contributed by atoms with Crippen molar-refractivity contribution in [2.24, 2.45) is 34.5 Å². The lowest BCUT2D eigenvalue weighted by molar-refractivity contribution is -0.242. The van der Waals surface area contributed by atoms with E-state index in [0.29, 0.717) is 18.9 Å². The number of ether oxygens (including phenoxy) is 1. The Hall–Kier alpha value is -0.910. The Balaban J connectivity index is 1.51. The molecule has 28 heavy (non-hydrogen) atoms. The summed E-state index contributed by atoms with van der Waals surface area (Å²) in [6, 6.07) is 0. The molecular formula is C23H34O5. The van der Waals surface area contributed by atoms with E-state index in [1.54, 1.807) is 6.08 Å². The van der Waals surface area contributed by atoms with E-state index in [9.17, 15) is 20.1 Å². The number of fused-ring (bicyclic) bond motifs is 5. The molecule has 9 atom stereocenters. The van der Waals surface area contributed by atoms with Gasteiger partial charge in [0.15, 0.2) is 0 Å². The zero-order chi connectivity index (χ0) is 19.9. The Bertz CT molecular complexity index is 718. The third-order valence-corrected chi connectivity index (χ3v) is 9.89. The minimum Gasteiger partial charge on any atom is -0.458 e. The van der Waals surface area contributed by atoms with Crippen LogP contribution in [0.2, 0.25) is 0 Å². The number of carbonyl (C=O) groups is 1. The van der Waals surface area contributed by atoms with Gasteiger partial charge in [-0.3, -0.25) is 0 Å². The van der Waals surface area contributed by atoms with E-state index in [1.807, 2.05) is 0 Å². The molecule has 0 radical (unpaired) electrons. The van der Waals surface area contributed by atoms with Crippen LogP contribution in [0.4, 0.5) is 0 Å². The van der Waals surface area contributed by atoms with Crippen molar-refractivity contribution in [3.05, 3.63) is 11.6 Å². The predicted molar refractivity (Wildman–Crippen MR) is 103 cm³/mol. The van der Waals surface area contributed by atoms with E-state index < -0.39 is 17.1 Å². The van der Waals surface area contributed by atoms with Crippen molar-refractivity contribution in [1.82, 2.24) is 0 Å². The fourth-order valence-electron chi connectivity index (χ4n) is 8.49. The van der Waals surface area contributed by atoms with Crippen LogP contribution in [-0.2, 0) is 9.53 Å². The number of carbonyl (C=O) groups excluding carboxylic acids is 1. The molecule has 4 saturated carbocycles. The fourth-order valence-corrected chi connectivity index (χ4v) is 8.49. The highest BCUT2D eigenvalue weighted by atomic mass is 16.5. The number of aliphatic hydroxyl groups excluding tert-OH is 2. The zero-order valence-electron chi connectivity index (χ0n) is 17.1. The van der Waals surface area contributed by atoms with E-state index in [2.05, 4.69) is 13.8 Å². The first kappa shape index (κ1) is 19.1. The van der Waals surface area contributed by atoms with Gasteiger partial charge in [-0.25, -0.2) is 4.79 Å². The number of aliphatic hydroxyl groups is 3. The number of cyclic esters (lactones) is 1. The summed E-state index contributed by atoms with van der Waals surface area (Å²) in [5.74, 6) is 0.420. The van der Waals surface area contributed by atoms with Crippen LogP contribution >= 0.6 is 0 Å². The highest BCUT2D eigenvalue weighted by Crippen LogP contribution is 2.69. The van der Waals surface area contributed by atoms with Gasteiger partial charge in [-0.05, 0) is 86.0 Å². The number of rotatable bonds is 1. The van der Waals surface area contributed by atoms with Crippen molar-refractivity contribution in [2.75, 3.05) is 6.61 Å². The average molecular weight is 391 g/mol. The third-order valence-electron chi connectivity index (χ3n) is 9.89. The molecule has 1 aliphatic heterocycles. The fraction of sp³-hybridized carbons (Fsp3) is 0.870. The molecule has 4 aliphatic carbocycles. The summed E-state index contributed by atoms with van der Waals surface area (Å²) in [5.41, 5.74) is -0.250. The summed E-state index contributed by atoms with van der Waals surface area (Å²) >= 11 is 0. The summed E-state index contributed by atoms with van der Waals surface area (Å²) in [6.45, 7) is 4.76. The van der Waals surface area contributed by atoms with E-state index in [-0.39, 0.29) is 35.2 Å². The van der Waals surface area contributed by atoms with Gasteiger partial charge < -0.3 is 20.1 Å². The molecule has 0 unspecified atom stereocenters. The van der Waals surface area contributed by atoms with Crippen LogP contribution in [-0.4, -0.2) is 45.7 Å². The average Bonchev–Trinajstić information content (AvgIpc) is 3.16. The van der Waals surface area contributed by atoms with Crippen molar-refractivity contribution in [2.45, 2.75) is 83.0 Å². The van der Waals surface area contributed by atoms with Crippen molar-refractivity contribution >= 4 is 5.97 Å². The van der Waals surface area contributed by atoms with Gasteiger partial charge in [-0.15, -0.1) is 0 Å². The second-order valence-corrected chi connectivity index (χ2v) is 10.9. The second-order valence-electron chi connectivity index (χ2n) is 10.9. The highest BCUT2D eigenvalue weighted by Gasteiger charge is 2.69. The molecule has 156 valence electrons. The minimum atomic E-state index is -0.807. The first-order valence-electron chi connectivity index (χ1n) is 11.1. The molecule has 4 fully saturated rings.